The topological polar surface area (TPSA) is 101 Å². The van der Waals surface area contributed by atoms with Gasteiger partial charge in [0.05, 0.1) is 37.1 Å². The maximum atomic E-state index is 13.7. The summed E-state index contributed by atoms with van der Waals surface area (Å²) in [6, 6.07) is 17.7. The zero-order valence-corrected chi connectivity index (χ0v) is 22.8. The predicted octanol–water partition coefficient (Wildman–Crippen LogP) is 4.65. The molecule has 1 N–H and O–H groups in total. The van der Waals surface area contributed by atoms with E-state index in [0.717, 1.165) is 16.9 Å². The summed E-state index contributed by atoms with van der Waals surface area (Å²) >= 11 is 0. The van der Waals surface area contributed by atoms with Gasteiger partial charge in [0, 0.05) is 24.7 Å². The molecule has 5 rings (SSSR count). The van der Waals surface area contributed by atoms with E-state index >= 15 is 0 Å². The van der Waals surface area contributed by atoms with E-state index < -0.39 is 5.92 Å². The number of hydrogen-bond acceptors (Lipinski definition) is 7. The van der Waals surface area contributed by atoms with Crippen molar-refractivity contribution < 1.29 is 14.3 Å². The van der Waals surface area contributed by atoms with Crippen LogP contribution in [0.1, 0.15) is 55.0 Å². The van der Waals surface area contributed by atoms with Crippen molar-refractivity contribution in [2.45, 2.75) is 39.2 Å². The van der Waals surface area contributed by atoms with Gasteiger partial charge in [0.25, 0.3) is 5.91 Å². The number of aromatic nitrogens is 2. The molecule has 2 aliphatic rings. The second-order valence-electron chi connectivity index (χ2n) is 11.0. The van der Waals surface area contributed by atoms with Gasteiger partial charge in [-0.1, -0.05) is 57.2 Å². The SMILES string of the molecule is CC(C)c1ccc(COc2ccc(C(C(=N)c3ccncn3)C3=NCCN(CC4(C)COC4)C3=O)cc2)cc1. The fourth-order valence-electron chi connectivity index (χ4n) is 4.97. The summed E-state index contributed by atoms with van der Waals surface area (Å²) in [5, 5.41) is 9.05. The second kappa shape index (κ2) is 11.5. The minimum atomic E-state index is -0.654. The number of hydrogen-bond donors (Lipinski definition) is 1. The first kappa shape index (κ1) is 26.7. The Bertz CT molecular complexity index is 1330. The summed E-state index contributed by atoms with van der Waals surface area (Å²) in [5.41, 5.74) is 4.19. The molecule has 1 amide bonds. The van der Waals surface area contributed by atoms with E-state index in [9.17, 15) is 4.79 Å². The van der Waals surface area contributed by atoms with Gasteiger partial charge in [0.15, 0.2) is 0 Å². The summed E-state index contributed by atoms with van der Waals surface area (Å²) < 4.78 is 11.4. The van der Waals surface area contributed by atoms with Gasteiger partial charge < -0.3 is 19.8 Å². The first-order chi connectivity index (χ1) is 18.8. The number of nitrogens with zero attached hydrogens (tertiary/aromatic N) is 4. The van der Waals surface area contributed by atoms with E-state index in [2.05, 4.69) is 60.0 Å². The smallest absolute Gasteiger partial charge is 0.268 e. The highest BCUT2D eigenvalue weighted by molar-refractivity contribution is 6.46. The van der Waals surface area contributed by atoms with Gasteiger partial charge in [-0.15, -0.1) is 0 Å². The van der Waals surface area contributed by atoms with E-state index in [1.807, 2.05) is 29.2 Å². The number of carbonyl (C=O) groups excluding carboxylic acids is 1. The van der Waals surface area contributed by atoms with E-state index in [4.69, 9.17) is 14.9 Å². The van der Waals surface area contributed by atoms with Gasteiger partial charge >= 0.3 is 0 Å². The number of nitrogens with one attached hydrogen (secondary N) is 1. The molecule has 0 bridgehead atoms. The summed E-state index contributed by atoms with van der Waals surface area (Å²) in [6.45, 7) is 9.92. The molecular formula is C31H35N5O3. The number of ether oxygens (including phenoxy) is 2. The lowest BCUT2D eigenvalue weighted by Gasteiger charge is -2.42. The molecule has 2 aromatic carbocycles. The van der Waals surface area contributed by atoms with Gasteiger partial charge in [0.2, 0.25) is 0 Å². The highest BCUT2D eigenvalue weighted by Gasteiger charge is 2.40. The second-order valence-corrected chi connectivity index (χ2v) is 11.0. The van der Waals surface area contributed by atoms with Crippen molar-refractivity contribution in [3.8, 4) is 5.75 Å². The molecular weight excluding hydrogens is 490 g/mol. The Morgan fingerprint density at radius 1 is 1.08 bits per heavy atom. The van der Waals surface area contributed by atoms with Crippen LogP contribution in [0.2, 0.25) is 0 Å². The molecule has 0 spiro atoms. The summed E-state index contributed by atoms with van der Waals surface area (Å²) in [4.78, 5) is 28.5. The van der Waals surface area contributed by atoms with E-state index in [0.29, 0.717) is 56.8 Å². The first-order valence-corrected chi connectivity index (χ1v) is 13.4. The van der Waals surface area contributed by atoms with Crippen LogP contribution < -0.4 is 4.74 Å². The summed E-state index contributed by atoms with van der Waals surface area (Å²) in [5.74, 6) is 0.418. The lowest BCUT2D eigenvalue weighted by molar-refractivity contribution is -0.139. The van der Waals surface area contributed by atoms with Crippen LogP contribution in [0.25, 0.3) is 0 Å². The van der Waals surface area contributed by atoms with Gasteiger partial charge in [-0.2, -0.15) is 0 Å². The molecule has 8 nitrogen and oxygen atoms in total. The maximum Gasteiger partial charge on any atom is 0.268 e. The molecule has 1 unspecified atom stereocenters. The number of benzene rings is 2. The highest BCUT2D eigenvalue weighted by Crippen LogP contribution is 2.31. The predicted molar refractivity (Wildman–Crippen MR) is 151 cm³/mol. The molecule has 202 valence electrons. The third kappa shape index (κ3) is 6.06. The first-order valence-electron chi connectivity index (χ1n) is 13.4. The molecule has 39 heavy (non-hydrogen) atoms. The van der Waals surface area contributed by atoms with Crippen molar-refractivity contribution in [2.24, 2.45) is 10.4 Å². The molecule has 3 aromatic rings. The van der Waals surface area contributed by atoms with Crippen LogP contribution >= 0.6 is 0 Å². The minimum Gasteiger partial charge on any atom is -0.489 e. The average Bonchev–Trinajstić information content (AvgIpc) is 2.94. The van der Waals surface area contributed by atoms with Crippen molar-refractivity contribution in [1.29, 1.82) is 5.41 Å². The highest BCUT2D eigenvalue weighted by atomic mass is 16.5. The fraction of sp³-hybridized carbons (Fsp3) is 0.387. The molecule has 0 saturated carbocycles. The number of rotatable bonds is 10. The van der Waals surface area contributed by atoms with Crippen LogP contribution in [-0.4, -0.2) is 65.0 Å². The molecule has 1 fully saturated rings. The molecule has 0 radical (unpaired) electrons. The Morgan fingerprint density at radius 2 is 1.79 bits per heavy atom. The molecule has 1 atom stereocenters. The molecule has 3 heterocycles. The van der Waals surface area contributed by atoms with E-state index in [-0.39, 0.29) is 17.0 Å². The Kier molecular flexibility index (Phi) is 7.84. The van der Waals surface area contributed by atoms with Crippen molar-refractivity contribution in [1.82, 2.24) is 14.9 Å². The normalized spacial score (nSPS) is 17.4. The molecule has 8 heteroatoms. The molecule has 1 aromatic heterocycles. The summed E-state index contributed by atoms with van der Waals surface area (Å²) in [6.07, 6.45) is 3.02. The van der Waals surface area contributed by atoms with Gasteiger partial charge in [-0.25, -0.2) is 9.97 Å². The Morgan fingerprint density at radius 3 is 2.41 bits per heavy atom. The third-order valence-electron chi connectivity index (χ3n) is 7.32. The molecule has 0 aliphatic carbocycles. The zero-order chi connectivity index (χ0) is 27.4. The van der Waals surface area contributed by atoms with Gasteiger partial charge in [-0.05, 0) is 40.8 Å². The monoisotopic (exact) mass is 525 g/mol. The quantitative estimate of drug-likeness (QED) is 0.388. The maximum absolute atomic E-state index is 13.7. The number of aliphatic imine (C=N–C) groups is 1. The number of amides is 1. The molecule has 1 saturated heterocycles. The van der Waals surface area contributed by atoms with E-state index in [1.54, 1.807) is 12.3 Å². The Balaban J connectivity index is 1.36. The van der Waals surface area contributed by atoms with Gasteiger partial charge in [0.1, 0.15) is 24.4 Å². The lowest BCUT2D eigenvalue weighted by atomic mass is 9.84. The van der Waals surface area contributed by atoms with Crippen LogP contribution in [0.4, 0.5) is 0 Å². The van der Waals surface area contributed by atoms with E-state index in [1.165, 1.54) is 11.9 Å². The van der Waals surface area contributed by atoms with Crippen molar-refractivity contribution in [3.63, 3.8) is 0 Å². The zero-order valence-electron chi connectivity index (χ0n) is 22.8. The Labute approximate surface area is 229 Å². The van der Waals surface area contributed by atoms with Crippen molar-refractivity contribution in [2.75, 3.05) is 32.8 Å². The van der Waals surface area contributed by atoms with Crippen LogP contribution in [0.5, 0.6) is 5.75 Å². The minimum absolute atomic E-state index is 0.0398. The molecule has 2 aliphatic heterocycles. The Hall–Kier alpha value is -3.91. The van der Waals surface area contributed by atoms with Crippen molar-refractivity contribution >= 4 is 17.3 Å². The van der Waals surface area contributed by atoms with Crippen LogP contribution in [0.15, 0.2) is 72.1 Å². The van der Waals surface area contributed by atoms with Gasteiger partial charge in [-0.3, -0.25) is 9.79 Å². The average molecular weight is 526 g/mol. The number of carbonyl (C=O) groups is 1. The van der Waals surface area contributed by atoms with Crippen LogP contribution in [0.3, 0.4) is 0 Å². The van der Waals surface area contributed by atoms with Crippen molar-refractivity contribution in [3.05, 3.63) is 89.5 Å². The van der Waals surface area contributed by atoms with Crippen LogP contribution in [0, 0.1) is 10.8 Å². The summed E-state index contributed by atoms with van der Waals surface area (Å²) in [7, 11) is 0. The van der Waals surface area contributed by atoms with Crippen LogP contribution in [-0.2, 0) is 16.1 Å². The fourth-order valence-corrected chi connectivity index (χ4v) is 4.97. The lowest BCUT2D eigenvalue weighted by Crippen LogP contribution is -2.54. The largest absolute Gasteiger partial charge is 0.489 e. The third-order valence-corrected chi connectivity index (χ3v) is 7.32. The standard InChI is InChI=1S/C31H35N5O3/c1-21(2)23-6-4-22(5-7-23)16-39-25-10-8-24(9-11-25)27(28(32)26-12-13-33-20-35-26)29-30(37)36(15-14-34-29)17-31(3)18-38-19-31/h4-13,20-21,27,32H,14-19H2,1-3H3.